The lowest BCUT2D eigenvalue weighted by Crippen LogP contribution is -2.09. The van der Waals surface area contributed by atoms with Gasteiger partial charge in [0, 0.05) is 6.42 Å². The fraction of sp³-hybridized carbons (Fsp3) is 0.889. The molecule has 0 aliphatic carbocycles. The molecule has 1 fully saturated rings. The molecule has 0 N–H and O–H groups in total. The molecule has 1 rings (SSSR count). The largest absolute Gasteiger partial charge is 0.366 e. The van der Waals surface area contributed by atoms with Gasteiger partial charge in [-0.15, -0.1) is 0 Å². The van der Waals surface area contributed by atoms with Crippen LogP contribution in [0.4, 0.5) is 0 Å². The molecule has 0 spiro atoms. The highest BCUT2D eigenvalue weighted by atomic mass is 79.9. The summed E-state index contributed by atoms with van der Waals surface area (Å²) in [5.41, 5.74) is 0.0760. The van der Waals surface area contributed by atoms with Crippen LogP contribution in [0.2, 0.25) is 0 Å². The van der Waals surface area contributed by atoms with Crippen LogP contribution in [-0.4, -0.2) is 22.8 Å². The van der Waals surface area contributed by atoms with Gasteiger partial charge in [-0.2, -0.15) is 0 Å². The van der Waals surface area contributed by atoms with Crippen LogP contribution in [0.15, 0.2) is 0 Å². The summed E-state index contributed by atoms with van der Waals surface area (Å²) in [6, 6.07) is 0. The van der Waals surface area contributed by atoms with Crippen LogP contribution in [0.25, 0.3) is 0 Å². The summed E-state index contributed by atoms with van der Waals surface area (Å²) in [7, 11) is 0. The maximum atomic E-state index is 10.9. The van der Waals surface area contributed by atoms with Gasteiger partial charge in [0.1, 0.15) is 5.78 Å². The van der Waals surface area contributed by atoms with Gasteiger partial charge in [0.05, 0.1) is 17.0 Å². The van der Waals surface area contributed by atoms with Gasteiger partial charge in [0.15, 0.2) is 0 Å². The molecular weight excluding hydrogens is 220 g/mol. The van der Waals surface area contributed by atoms with Crippen LogP contribution < -0.4 is 0 Å². The van der Waals surface area contributed by atoms with Gasteiger partial charge in [-0.3, -0.25) is 4.79 Å². The summed E-state index contributed by atoms with van der Waals surface area (Å²) >= 11 is 3.14. The van der Waals surface area contributed by atoms with E-state index in [0.717, 1.165) is 12.8 Å². The lowest BCUT2D eigenvalue weighted by Gasteiger charge is -1.99. The Hall–Kier alpha value is 0.110. The number of hydrogen-bond acceptors (Lipinski definition) is 2. The maximum Gasteiger partial charge on any atom is 0.143 e. The van der Waals surface area contributed by atoms with Crippen molar-refractivity contribution in [2.45, 2.75) is 44.8 Å². The van der Waals surface area contributed by atoms with Gasteiger partial charge in [-0.1, -0.05) is 22.9 Å². The summed E-state index contributed by atoms with van der Waals surface area (Å²) < 4.78 is 5.48. The number of hydrogen-bond donors (Lipinski definition) is 0. The van der Waals surface area contributed by atoms with Crippen molar-refractivity contribution < 1.29 is 9.53 Å². The molecule has 2 nitrogen and oxygen atoms in total. The Morgan fingerprint density at radius 1 is 1.67 bits per heavy atom. The molecule has 2 unspecified atom stereocenters. The summed E-state index contributed by atoms with van der Waals surface area (Å²) in [6.07, 6.45) is 2.89. The van der Waals surface area contributed by atoms with Crippen molar-refractivity contribution in [2.75, 3.05) is 5.33 Å². The van der Waals surface area contributed by atoms with E-state index < -0.39 is 0 Å². The maximum absolute atomic E-state index is 10.9. The molecule has 3 heteroatoms. The molecule has 12 heavy (non-hydrogen) atoms. The number of halogens is 1. The number of ether oxygens (including phenoxy) is 1. The molecule has 0 bridgehead atoms. The third-order valence-corrected chi connectivity index (χ3v) is 3.20. The molecule has 1 saturated heterocycles. The monoisotopic (exact) mass is 234 g/mol. The number of carbonyl (C=O) groups is 1. The molecule has 70 valence electrons. The first-order chi connectivity index (χ1) is 5.62. The molecule has 0 aromatic rings. The van der Waals surface area contributed by atoms with Gasteiger partial charge < -0.3 is 4.74 Å². The second kappa shape index (κ2) is 3.88. The Bertz CT molecular complexity index is 181. The normalized spacial score (nSPS) is 33.4. The van der Waals surface area contributed by atoms with Gasteiger partial charge in [0.2, 0.25) is 0 Å². The van der Waals surface area contributed by atoms with E-state index in [4.69, 9.17) is 4.74 Å². The molecule has 0 amide bonds. The minimum atomic E-state index is 0.0760. The zero-order chi connectivity index (χ0) is 9.19. The zero-order valence-corrected chi connectivity index (χ0v) is 9.19. The van der Waals surface area contributed by atoms with E-state index >= 15 is 0 Å². The Morgan fingerprint density at radius 3 is 2.75 bits per heavy atom. The van der Waals surface area contributed by atoms with Gasteiger partial charge >= 0.3 is 0 Å². The van der Waals surface area contributed by atoms with E-state index in [1.54, 1.807) is 0 Å². The second-order valence-corrected chi connectivity index (χ2v) is 4.04. The Labute approximate surface area is 81.8 Å². The summed E-state index contributed by atoms with van der Waals surface area (Å²) in [6.45, 7) is 4.22. The van der Waals surface area contributed by atoms with E-state index in [1.807, 2.05) is 0 Å². The van der Waals surface area contributed by atoms with Gasteiger partial charge in [-0.05, 0) is 19.8 Å². The quantitative estimate of drug-likeness (QED) is 0.540. The third kappa shape index (κ3) is 2.30. The number of alkyl halides is 1. The van der Waals surface area contributed by atoms with Crippen molar-refractivity contribution in [2.24, 2.45) is 0 Å². The number of epoxide rings is 1. The van der Waals surface area contributed by atoms with E-state index in [2.05, 4.69) is 29.8 Å². The Morgan fingerprint density at radius 2 is 2.33 bits per heavy atom. The lowest BCUT2D eigenvalue weighted by molar-refractivity contribution is -0.116. The molecule has 0 saturated carbocycles. The lowest BCUT2D eigenvalue weighted by atomic mass is 10.0. The van der Waals surface area contributed by atoms with Crippen LogP contribution in [0.1, 0.15) is 33.1 Å². The number of Topliss-reactive ketones (excluding diaryl/α,β-unsaturated/α-hetero) is 1. The van der Waals surface area contributed by atoms with Crippen LogP contribution in [0.3, 0.4) is 0 Å². The average Bonchev–Trinajstić information content (AvgIpc) is 2.74. The first-order valence-electron chi connectivity index (χ1n) is 4.38. The highest BCUT2D eigenvalue weighted by Gasteiger charge is 2.49. The molecule has 1 aliphatic heterocycles. The minimum Gasteiger partial charge on any atom is -0.366 e. The zero-order valence-electron chi connectivity index (χ0n) is 7.60. The molecule has 1 heterocycles. The fourth-order valence-electron chi connectivity index (χ4n) is 1.33. The molecule has 1 aliphatic rings. The third-order valence-electron chi connectivity index (χ3n) is 2.57. The first kappa shape index (κ1) is 10.2. The smallest absolute Gasteiger partial charge is 0.143 e. The van der Waals surface area contributed by atoms with E-state index in [9.17, 15) is 4.79 Å². The van der Waals surface area contributed by atoms with Crippen LogP contribution >= 0.6 is 15.9 Å². The topological polar surface area (TPSA) is 29.6 Å². The van der Waals surface area contributed by atoms with Crippen molar-refractivity contribution in [1.29, 1.82) is 0 Å². The standard InChI is InChI=1S/C9H15BrO2/c1-3-9(2)8(12-9)5-4-7(11)6-10/h8H,3-6H2,1-2H3. The highest BCUT2D eigenvalue weighted by molar-refractivity contribution is 9.09. The first-order valence-corrected chi connectivity index (χ1v) is 5.50. The van der Waals surface area contributed by atoms with Crippen LogP contribution in [-0.2, 0) is 9.53 Å². The van der Waals surface area contributed by atoms with Crippen LogP contribution in [0.5, 0.6) is 0 Å². The molecule has 0 radical (unpaired) electrons. The van der Waals surface area contributed by atoms with Crippen molar-refractivity contribution in [1.82, 2.24) is 0 Å². The van der Waals surface area contributed by atoms with Crippen LogP contribution in [0, 0.1) is 0 Å². The fourth-order valence-corrected chi connectivity index (χ4v) is 1.61. The summed E-state index contributed by atoms with van der Waals surface area (Å²) in [5.74, 6) is 0.268. The molecule has 0 aromatic heterocycles. The SMILES string of the molecule is CCC1(C)OC1CCC(=O)CBr. The van der Waals surface area contributed by atoms with Gasteiger partial charge in [-0.25, -0.2) is 0 Å². The van der Waals surface area contributed by atoms with E-state index in [-0.39, 0.29) is 11.4 Å². The van der Waals surface area contributed by atoms with Crippen molar-refractivity contribution in [3.63, 3.8) is 0 Å². The van der Waals surface area contributed by atoms with E-state index in [1.165, 1.54) is 0 Å². The van der Waals surface area contributed by atoms with Crippen molar-refractivity contribution in [3.8, 4) is 0 Å². The van der Waals surface area contributed by atoms with Crippen molar-refractivity contribution in [3.05, 3.63) is 0 Å². The average molecular weight is 235 g/mol. The second-order valence-electron chi connectivity index (χ2n) is 3.48. The molecular formula is C9H15BrO2. The molecule has 0 aromatic carbocycles. The number of ketones is 1. The predicted octanol–water partition coefficient (Wildman–Crippen LogP) is 2.30. The predicted molar refractivity (Wildman–Crippen MR) is 51.6 cm³/mol. The van der Waals surface area contributed by atoms with Crippen molar-refractivity contribution >= 4 is 21.7 Å². The Balaban J connectivity index is 2.15. The Kier molecular flexibility index (Phi) is 3.29. The van der Waals surface area contributed by atoms with E-state index in [0.29, 0.717) is 17.9 Å². The number of carbonyl (C=O) groups excluding carboxylic acids is 1. The number of rotatable bonds is 5. The summed E-state index contributed by atoms with van der Waals surface area (Å²) in [5, 5.41) is 0.475. The minimum absolute atomic E-state index is 0.0760. The molecule has 2 atom stereocenters. The van der Waals surface area contributed by atoms with Gasteiger partial charge in [0.25, 0.3) is 0 Å². The highest BCUT2D eigenvalue weighted by Crippen LogP contribution is 2.41. The summed E-state index contributed by atoms with van der Waals surface area (Å²) in [4.78, 5) is 10.9.